The number of hydrogen-bond acceptors (Lipinski definition) is 1. The van der Waals surface area contributed by atoms with Crippen LogP contribution in [0, 0.1) is 11.6 Å². The van der Waals surface area contributed by atoms with Gasteiger partial charge >= 0.3 is 6.09 Å². The summed E-state index contributed by atoms with van der Waals surface area (Å²) in [7, 11) is 1.24. The summed E-state index contributed by atoms with van der Waals surface area (Å²) in [5, 5.41) is 8.61. The largest absolute Gasteiger partial charge is 0.465 e. The van der Waals surface area contributed by atoms with Crippen LogP contribution in [-0.2, 0) is 0 Å². The van der Waals surface area contributed by atoms with Crippen molar-refractivity contribution in [2.75, 3.05) is 11.9 Å². The Hall–Kier alpha value is -1.17. The maximum absolute atomic E-state index is 12.8. The van der Waals surface area contributed by atoms with Crippen molar-refractivity contribution >= 4 is 27.7 Å². The lowest BCUT2D eigenvalue weighted by Gasteiger charge is -2.14. The van der Waals surface area contributed by atoms with E-state index in [4.69, 9.17) is 5.11 Å². The summed E-state index contributed by atoms with van der Waals surface area (Å²) in [4.78, 5) is 11.3. The van der Waals surface area contributed by atoms with Crippen LogP contribution in [0.2, 0.25) is 0 Å². The van der Waals surface area contributed by atoms with Crippen LogP contribution in [0.15, 0.2) is 16.6 Å². The molecule has 0 atom stereocenters. The first-order chi connectivity index (χ1) is 6.43. The Morgan fingerprint density at radius 1 is 1.43 bits per heavy atom. The minimum atomic E-state index is -1.25. The van der Waals surface area contributed by atoms with Gasteiger partial charge in [0.15, 0.2) is 11.6 Å². The van der Waals surface area contributed by atoms with Gasteiger partial charge in [-0.15, -0.1) is 0 Å². The third kappa shape index (κ3) is 2.01. The van der Waals surface area contributed by atoms with Gasteiger partial charge in [0.1, 0.15) is 0 Å². The fourth-order valence-electron chi connectivity index (χ4n) is 0.872. The highest BCUT2D eigenvalue weighted by atomic mass is 79.9. The molecule has 1 aromatic carbocycles. The van der Waals surface area contributed by atoms with Gasteiger partial charge in [0.2, 0.25) is 0 Å². The topological polar surface area (TPSA) is 40.5 Å². The van der Waals surface area contributed by atoms with Crippen molar-refractivity contribution in [2.24, 2.45) is 0 Å². The third-order valence-corrected chi connectivity index (χ3v) is 2.27. The zero-order chi connectivity index (χ0) is 10.9. The van der Waals surface area contributed by atoms with Crippen molar-refractivity contribution < 1.29 is 18.7 Å². The summed E-state index contributed by atoms with van der Waals surface area (Å²) in [6.45, 7) is 0. The van der Waals surface area contributed by atoms with E-state index in [1.54, 1.807) is 0 Å². The van der Waals surface area contributed by atoms with Crippen LogP contribution in [0.4, 0.5) is 19.3 Å². The minimum Gasteiger partial charge on any atom is -0.465 e. The van der Waals surface area contributed by atoms with Gasteiger partial charge in [0, 0.05) is 17.6 Å². The minimum absolute atomic E-state index is 0.0522. The van der Waals surface area contributed by atoms with Crippen LogP contribution in [0.5, 0.6) is 0 Å². The molecule has 1 rings (SSSR count). The lowest BCUT2D eigenvalue weighted by atomic mass is 10.3. The maximum atomic E-state index is 12.8. The van der Waals surface area contributed by atoms with E-state index in [0.717, 1.165) is 17.0 Å². The molecule has 0 fully saturated rings. The summed E-state index contributed by atoms with van der Waals surface area (Å²) < 4.78 is 25.6. The molecule has 1 amide bonds. The molecule has 0 aliphatic heterocycles. The number of benzene rings is 1. The van der Waals surface area contributed by atoms with E-state index in [0.29, 0.717) is 0 Å². The lowest BCUT2D eigenvalue weighted by Crippen LogP contribution is -2.24. The van der Waals surface area contributed by atoms with Gasteiger partial charge in [-0.1, -0.05) is 0 Å². The molecule has 0 heterocycles. The molecule has 6 heteroatoms. The standard InChI is InChI=1S/C8H6BrF2NO2/c1-12(8(13)14)7-3-6(11)5(10)2-4(7)9/h2-3H,1H3,(H,13,14). The summed E-state index contributed by atoms with van der Waals surface area (Å²) in [6.07, 6.45) is -1.25. The third-order valence-electron chi connectivity index (χ3n) is 1.64. The normalized spacial score (nSPS) is 10.0. The zero-order valence-corrected chi connectivity index (χ0v) is 8.68. The molecule has 0 aromatic heterocycles. The first-order valence-electron chi connectivity index (χ1n) is 3.54. The van der Waals surface area contributed by atoms with E-state index in [2.05, 4.69) is 15.9 Å². The number of amides is 1. The number of nitrogens with zero attached hydrogens (tertiary/aromatic N) is 1. The SMILES string of the molecule is CN(C(=O)O)c1cc(F)c(F)cc1Br. The second-order valence-corrected chi connectivity index (χ2v) is 3.41. The van der Waals surface area contributed by atoms with E-state index in [9.17, 15) is 13.6 Å². The summed E-state index contributed by atoms with van der Waals surface area (Å²) >= 11 is 2.94. The van der Waals surface area contributed by atoms with Crippen LogP contribution in [0.1, 0.15) is 0 Å². The number of carbonyl (C=O) groups is 1. The Bertz CT molecular complexity index is 384. The number of rotatable bonds is 1. The van der Waals surface area contributed by atoms with Crippen molar-refractivity contribution in [3.63, 3.8) is 0 Å². The number of hydrogen-bond donors (Lipinski definition) is 1. The van der Waals surface area contributed by atoms with Crippen LogP contribution in [0.3, 0.4) is 0 Å². The fourth-order valence-corrected chi connectivity index (χ4v) is 1.45. The Balaban J connectivity index is 3.22. The Morgan fingerprint density at radius 3 is 2.43 bits per heavy atom. The fraction of sp³-hybridized carbons (Fsp3) is 0.125. The number of halogens is 3. The van der Waals surface area contributed by atoms with Crippen LogP contribution >= 0.6 is 15.9 Å². The summed E-state index contributed by atoms with van der Waals surface area (Å²) in [5.74, 6) is -2.12. The van der Waals surface area contributed by atoms with Crippen LogP contribution in [0.25, 0.3) is 0 Å². The molecule has 0 spiro atoms. The first kappa shape index (κ1) is 10.9. The van der Waals surface area contributed by atoms with Gasteiger partial charge in [0.05, 0.1) is 5.69 Å². The van der Waals surface area contributed by atoms with Gasteiger partial charge < -0.3 is 5.11 Å². The molecule has 1 N–H and O–H groups in total. The van der Waals surface area contributed by atoms with Crippen molar-refractivity contribution in [2.45, 2.75) is 0 Å². The van der Waals surface area contributed by atoms with Gasteiger partial charge in [-0.25, -0.2) is 13.6 Å². The molecule has 0 unspecified atom stereocenters. The van der Waals surface area contributed by atoms with E-state index < -0.39 is 17.7 Å². The predicted molar refractivity (Wildman–Crippen MR) is 50.5 cm³/mol. The zero-order valence-electron chi connectivity index (χ0n) is 7.09. The van der Waals surface area contributed by atoms with E-state index in [-0.39, 0.29) is 10.2 Å². The second kappa shape index (κ2) is 3.91. The van der Waals surface area contributed by atoms with Gasteiger partial charge in [0.25, 0.3) is 0 Å². The van der Waals surface area contributed by atoms with Gasteiger partial charge in [-0.05, 0) is 22.0 Å². The van der Waals surface area contributed by atoms with Crippen molar-refractivity contribution in [3.8, 4) is 0 Å². The van der Waals surface area contributed by atoms with E-state index in [1.165, 1.54) is 7.05 Å². The van der Waals surface area contributed by atoms with Crippen molar-refractivity contribution in [1.29, 1.82) is 0 Å². The molecule has 14 heavy (non-hydrogen) atoms. The molecule has 76 valence electrons. The quantitative estimate of drug-likeness (QED) is 0.794. The summed E-state index contributed by atoms with van der Waals surface area (Å²) in [6, 6.07) is 1.69. The highest BCUT2D eigenvalue weighted by Gasteiger charge is 2.15. The summed E-state index contributed by atoms with van der Waals surface area (Å²) in [5.41, 5.74) is 0.0522. The molecule has 0 radical (unpaired) electrons. The Kier molecular flexibility index (Phi) is 3.05. The molecule has 0 aliphatic rings. The highest BCUT2D eigenvalue weighted by Crippen LogP contribution is 2.27. The Labute approximate surface area is 87.1 Å². The maximum Gasteiger partial charge on any atom is 0.411 e. The molecular weight excluding hydrogens is 260 g/mol. The van der Waals surface area contributed by atoms with Crippen molar-refractivity contribution in [1.82, 2.24) is 0 Å². The monoisotopic (exact) mass is 265 g/mol. The second-order valence-electron chi connectivity index (χ2n) is 2.56. The van der Waals surface area contributed by atoms with E-state index in [1.807, 2.05) is 0 Å². The first-order valence-corrected chi connectivity index (χ1v) is 4.34. The average Bonchev–Trinajstić information content (AvgIpc) is 2.10. The van der Waals surface area contributed by atoms with Gasteiger partial charge in [-0.2, -0.15) is 0 Å². The highest BCUT2D eigenvalue weighted by molar-refractivity contribution is 9.10. The van der Waals surface area contributed by atoms with Crippen molar-refractivity contribution in [3.05, 3.63) is 28.2 Å². The Morgan fingerprint density at radius 2 is 1.93 bits per heavy atom. The molecule has 3 nitrogen and oxygen atoms in total. The average molecular weight is 266 g/mol. The molecular formula is C8H6BrF2NO2. The molecule has 0 aliphatic carbocycles. The van der Waals surface area contributed by atoms with E-state index >= 15 is 0 Å². The molecule has 0 bridgehead atoms. The lowest BCUT2D eigenvalue weighted by molar-refractivity contribution is 0.203. The number of carboxylic acid groups (broad SMARTS) is 1. The van der Waals surface area contributed by atoms with Gasteiger partial charge in [-0.3, -0.25) is 4.90 Å². The molecule has 0 saturated heterocycles. The van der Waals surface area contributed by atoms with Crippen LogP contribution in [-0.4, -0.2) is 18.2 Å². The number of anilines is 1. The van der Waals surface area contributed by atoms with Crippen LogP contribution < -0.4 is 4.90 Å². The predicted octanol–water partition coefficient (Wildman–Crippen LogP) is 2.84. The smallest absolute Gasteiger partial charge is 0.411 e. The molecule has 1 aromatic rings. The molecule has 0 saturated carbocycles.